The molecule has 1 fully saturated rings. The minimum atomic E-state index is -0.0656. The fourth-order valence-corrected chi connectivity index (χ4v) is 3.32. The molecule has 22 heavy (non-hydrogen) atoms. The number of benzene rings is 1. The molecule has 4 nitrogen and oxygen atoms in total. The third-order valence-corrected chi connectivity index (χ3v) is 4.36. The number of carbonyl (C=O) groups excluding carboxylic acids is 1. The highest BCUT2D eigenvalue weighted by Gasteiger charge is 2.30. The number of carbonyl (C=O) groups is 1. The summed E-state index contributed by atoms with van der Waals surface area (Å²) in [5, 5.41) is 0. The molecule has 2 rings (SSSR count). The van der Waals surface area contributed by atoms with Crippen LogP contribution in [0.1, 0.15) is 12.5 Å². The number of hydrogen-bond acceptors (Lipinski definition) is 5. The van der Waals surface area contributed by atoms with E-state index in [0.29, 0.717) is 27.3 Å². The highest BCUT2D eigenvalue weighted by molar-refractivity contribution is 8.26. The number of thiocarbonyl (C=S) groups is 1. The van der Waals surface area contributed by atoms with Crippen LogP contribution in [0, 0.1) is 12.3 Å². The van der Waals surface area contributed by atoms with Gasteiger partial charge in [0.1, 0.15) is 10.9 Å². The molecular formula is C16H15NO3S2. The molecule has 1 aromatic rings. The van der Waals surface area contributed by atoms with Crippen molar-refractivity contribution in [3.8, 4) is 23.8 Å². The van der Waals surface area contributed by atoms with Gasteiger partial charge in [-0.2, -0.15) is 0 Å². The van der Waals surface area contributed by atoms with Gasteiger partial charge >= 0.3 is 0 Å². The number of nitrogens with zero attached hydrogens (tertiary/aromatic N) is 1. The topological polar surface area (TPSA) is 38.8 Å². The number of methoxy groups -OCH3 is 1. The van der Waals surface area contributed by atoms with Crippen LogP contribution in [0.4, 0.5) is 0 Å². The van der Waals surface area contributed by atoms with Crippen LogP contribution in [0.5, 0.6) is 11.5 Å². The maximum absolute atomic E-state index is 12.2. The Hall–Kier alpha value is -1.97. The molecule has 1 aromatic carbocycles. The largest absolute Gasteiger partial charge is 0.493 e. The molecule has 0 bridgehead atoms. The van der Waals surface area contributed by atoms with E-state index in [-0.39, 0.29) is 12.5 Å². The van der Waals surface area contributed by atoms with Crippen LogP contribution in [0.3, 0.4) is 0 Å². The molecule has 0 saturated carbocycles. The molecule has 6 heteroatoms. The first-order valence-corrected chi connectivity index (χ1v) is 7.82. The Bertz CT molecular complexity index is 676. The molecule has 1 heterocycles. The van der Waals surface area contributed by atoms with Gasteiger partial charge in [0, 0.05) is 6.54 Å². The van der Waals surface area contributed by atoms with Crippen molar-refractivity contribution in [1.29, 1.82) is 0 Å². The van der Waals surface area contributed by atoms with Crippen molar-refractivity contribution in [3.63, 3.8) is 0 Å². The summed E-state index contributed by atoms with van der Waals surface area (Å²) in [7, 11) is 1.55. The van der Waals surface area contributed by atoms with Crippen LogP contribution in [-0.2, 0) is 4.79 Å². The third kappa shape index (κ3) is 3.43. The lowest BCUT2D eigenvalue weighted by Crippen LogP contribution is -2.27. The summed E-state index contributed by atoms with van der Waals surface area (Å²) in [6, 6.07) is 5.40. The van der Waals surface area contributed by atoms with Crippen molar-refractivity contribution in [2.24, 2.45) is 0 Å². The molecule has 0 N–H and O–H groups in total. The zero-order chi connectivity index (χ0) is 16.1. The average molecular weight is 333 g/mol. The third-order valence-electron chi connectivity index (χ3n) is 2.99. The van der Waals surface area contributed by atoms with E-state index in [1.807, 2.05) is 13.0 Å². The summed E-state index contributed by atoms with van der Waals surface area (Å²) in [5.74, 6) is 3.47. The first-order chi connectivity index (χ1) is 10.6. The molecule has 1 aliphatic rings. The maximum atomic E-state index is 12.2. The molecule has 1 saturated heterocycles. The Kier molecular flexibility index (Phi) is 5.47. The number of hydrogen-bond donors (Lipinski definition) is 0. The Morgan fingerprint density at radius 3 is 2.82 bits per heavy atom. The summed E-state index contributed by atoms with van der Waals surface area (Å²) in [4.78, 5) is 14.4. The van der Waals surface area contributed by atoms with Crippen LogP contribution in [0.2, 0.25) is 0 Å². The standard InChI is InChI=1S/C16H15NO3S2/c1-4-8-20-12-7-6-11(9-13(12)19-3)10-14-15(18)17(5-2)16(21)22-14/h1,6-7,9-10H,5,8H2,2-3H3/b14-10-. The van der Waals surface area contributed by atoms with E-state index in [1.54, 1.807) is 30.2 Å². The first kappa shape index (κ1) is 16.4. The lowest BCUT2D eigenvalue weighted by Gasteiger charge is -2.10. The summed E-state index contributed by atoms with van der Waals surface area (Å²) in [6.45, 7) is 2.64. The molecule has 0 unspecified atom stereocenters. The summed E-state index contributed by atoms with van der Waals surface area (Å²) < 4.78 is 11.3. The van der Waals surface area contributed by atoms with Gasteiger partial charge in [0.25, 0.3) is 5.91 Å². The van der Waals surface area contributed by atoms with Crippen molar-refractivity contribution in [2.45, 2.75) is 6.92 Å². The summed E-state index contributed by atoms with van der Waals surface area (Å²) in [6.07, 6.45) is 6.97. The highest BCUT2D eigenvalue weighted by Crippen LogP contribution is 2.34. The van der Waals surface area contributed by atoms with Gasteiger partial charge in [0.15, 0.2) is 11.5 Å². The van der Waals surface area contributed by atoms with E-state index in [2.05, 4.69) is 5.92 Å². The van der Waals surface area contributed by atoms with Gasteiger partial charge in [-0.15, -0.1) is 6.42 Å². The monoisotopic (exact) mass is 333 g/mol. The Balaban J connectivity index is 2.27. The predicted molar refractivity (Wildman–Crippen MR) is 92.9 cm³/mol. The van der Waals surface area contributed by atoms with E-state index in [9.17, 15) is 4.79 Å². The molecule has 0 atom stereocenters. The fourth-order valence-electron chi connectivity index (χ4n) is 1.94. The van der Waals surface area contributed by atoms with Crippen molar-refractivity contribution in [2.75, 3.05) is 20.3 Å². The molecule has 1 amide bonds. The zero-order valence-corrected chi connectivity index (χ0v) is 13.9. The lowest BCUT2D eigenvalue weighted by molar-refractivity contribution is -0.121. The van der Waals surface area contributed by atoms with E-state index < -0.39 is 0 Å². The van der Waals surface area contributed by atoms with Gasteiger partial charge in [0.05, 0.1) is 12.0 Å². The second kappa shape index (κ2) is 7.34. The van der Waals surface area contributed by atoms with Crippen LogP contribution < -0.4 is 9.47 Å². The van der Waals surface area contributed by atoms with Gasteiger partial charge in [0.2, 0.25) is 0 Å². The minimum Gasteiger partial charge on any atom is -0.493 e. The second-order valence-electron chi connectivity index (χ2n) is 4.33. The number of amides is 1. The predicted octanol–water partition coefficient (Wildman–Crippen LogP) is 2.93. The van der Waals surface area contributed by atoms with Crippen LogP contribution in [0.15, 0.2) is 23.1 Å². The SMILES string of the molecule is C#CCOc1ccc(/C=C2\SC(=S)N(CC)C2=O)cc1OC. The van der Waals surface area contributed by atoms with E-state index in [1.165, 1.54) is 11.8 Å². The molecule has 114 valence electrons. The van der Waals surface area contributed by atoms with Gasteiger partial charge in [-0.3, -0.25) is 9.69 Å². The molecule has 0 spiro atoms. The maximum Gasteiger partial charge on any atom is 0.266 e. The quantitative estimate of drug-likeness (QED) is 0.471. The summed E-state index contributed by atoms with van der Waals surface area (Å²) >= 11 is 6.49. The van der Waals surface area contributed by atoms with Crippen LogP contribution >= 0.6 is 24.0 Å². The Labute approximate surface area is 139 Å². The highest BCUT2D eigenvalue weighted by atomic mass is 32.2. The van der Waals surface area contributed by atoms with Crippen molar-refractivity contribution >= 4 is 40.3 Å². The average Bonchev–Trinajstić information content (AvgIpc) is 2.79. The van der Waals surface area contributed by atoms with Gasteiger partial charge in [-0.25, -0.2) is 0 Å². The number of rotatable bonds is 5. The first-order valence-electron chi connectivity index (χ1n) is 6.60. The molecule has 0 aliphatic carbocycles. The molecule has 0 aromatic heterocycles. The number of terminal acetylenes is 1. The Morgan fingerprint density at radius 1 is 1.45 bits per heavy atom. The van der Waals surface area contributed by atoms with E-state index >= 15 is 0 Å². The molecule has 1 aliphatic heterocycles. The number of thioether (sulfide) groups is 1. The number of likely N-dealkylation sites (N-methyl/N-ethyl adjacent to an activating group) is 1. The van der Waals surface area contributed by atoms with Crippen LogP contribution in [-0.4, -0.2) is 35.4 Å². The van der Waals surface area contributed by atoms with Gasteiger partial charge < -0.3 is 9.47 Å². The fraction of sp³-hybridized carbons (Fsp3) is 0.250. The number of ether oxygens (including phenoxy) is 2. The van der Waals surface area contributed by atoms with Crippen molar-refractivity contribution in [3.05, 3.63) is 28.7 Å². The van der Waals surface area contributed by atoms with E-state index in [0.717, 1.165) is 5.56 Å². The van der Waals surface area contributed by atoms with Crippen molar-refractivity contribution < 1.29 is 14.3 Å². The normalized spacial score (nSPS) is 16.0. The minimum absolute atomic E-state index is 0.0656. The van der Waals surface area contributed by atoms with Crippen molar-refractivity contribution in [1.82, 2.24) is 4.90 Å². The van der Waals surface area contributed by atoms with E-state index in [4.69, 9.17) is 28.1 Å². The molecular weight excluding hydrogens is 318 g/mol. The smallest absolute Gasteiger partial charge is 0.266 e. The second-order valence-corrected chi connectivity index (χ2v) is 6.00. The summed E-state index contributed by atoms with van der Waals surface area (Å²) in [5.41, 5.74) is 0.835. The Morgan fingerprint density at radius 2 is 2.23 bits per heavy atom. The molecule has 0 radical (unpaired) electrons. The lowest BCUT2D eigenvalue weighted by atomic mass is 10.2. The van der Waals surface area contributed by atoms with Gasteiger partial charge in [-0.1, -0.05) is 36.0 Å². The zero-order valence-electron chi connectivity index (χ0n) is 12.3. The van der Waals surface area contributed by atoms with Crippen LogP contribution in [0.25, 0.3) is 6.08 Å². The van der Waals surface area contributed by atoms with Gasteiger partial charge in [-0.05, 0) is 30.7 Å².